The van der Waals surface area contributed by atoms with Crippen LogP contribution in [0.25, 0.3) is 0 Å². The van der Waals surface area contributed by atoms with Crippen molar-refractivity contribution in [1.82, 2.24) is 0 Å². The zero-order valence-corrected chi connectivity index (χ0v) is 14.3. The predicted octanol–water partition coefficient (Wildman–Crippen LogP) is 3.37. The van der Waals surface area contributed by atoms with Crippen LogP contribution < -0.4 is 5.46 Å². The first-order chi connectivity index (χ1) is 10.8. The Balaban J connectivity index is 1.87. The van der Waals surface area contributed by atoms with E-state index in [4.69, 9.17) is 27.9 Å². The standard InChI is InChI=1S/C17H15BCl2O3/c1-17(2)13-6-3-10(7-14(13)18(22)23-17)8-16(21)12-5-4-11(19)9-15(12)20/h3-7,9,22H,8H2,1-2H3. The van der Waals surface area contributed by atoms with Crippen LogP contribution in [0.5, 0.6) is 0 Å². The molecule has 0 unspecified atom stereocenters. The third kappa shape index (κ3) is 3.17. The molecule has 0 fully saturated rings. The van der Waals surface area contributed by atoms with Gasteiger partial charge in [-0.2, -0.15) is 0 Å². The summed E-state index contributed by atoms with van der Waals surface area (Å²) >= 11 is 11.9. The molecule has 0 aromatic heterocycles. The van der Waals surface area contributed by atoms with Crippen LogP contribution >= 0.6 is 23.2 Å². The predicted molar refractivity (Wildman–Crippen MR) is 92.7 cm³/mol. The van der Waals surface area contributed by atoms with Gasteiger partial charge in [-0.25, -0.2) is 0 Å². The SMILES string of the molecule is CC1(C)OB(O)c2cc(CC(=O)c3ccc(Cl)cc3Cl)ccc21. The lowest BCUT2D eigenvalue weighted by atomic mass is 9.77. The van der Waals surface area contributed by atoms with Crippen LogP contribution in [0.4, 0.5) is 0 Å². The molecule has 0 spiro atoms. The van der Waals surface area contributed by atoms with Gasteiger partial charge >= 0.3 is 7.12 Å². The molecule has 0 atom stereocenters. The van der Waals surface area contributed by atoms with E-state index >= 15 is 0 Å². The van der Waals surface area contributed by atoms with E-state index in [0.29, 0.717) is 21.1 Å². The van der Waals surface area contributed by atoms with E-state index in [-0.39, 0.29) is 12.2 Å². The third-order valence-corrected chi connectivity index (χ3v) is 4.58. The van der Waals surface area contributed by atoms with Crippen LogP contribution in [0.15, 0.2) is 36.4 Å². The van der Waals surface area contributed by atoms with Crippen LogP contribution in [0.3, 0.4) is 0 Å². The lowest BCUT2D eigenvalue weighted by molar-refractivity contribution is 0.0991. The lowest BCUT2D eigenvalue weighted by Crippen LogP contribution is -2.29. The number of carbonyl (C=O) groups excluding carboxylic acids is 1. The first kappa shape index (κ1) is 16.5. The Bertz CT molecular complexity index is 789. The number of Topliss-reactive ketones (excluding diaryl/α,β-unsaturated/α-hetero) is 1. The first-order valence-corrected chi connectivity index (χ1v) is 8.01. The Morgan fingerprint density at radius 3 is 2.65 bits per heavy atom. The highest BCUT2D eigenvalue weighted by Crippen LogP contribution is 2.30. The van der Waals surface area contributed by atoms with E-state index in [2.05, 4.69) is 0 Å². The largest absolute Gasteiger partial charge is 0.492 e. The summed E-state index contributed by atoms with van der Waals surface area (Å²) < 4.78 is 5.53. The summed E-state index contributed by atoms with van der Waals surface area (Å²) in [6.45, 7) is 3.81. The van der Waals surface area contributed by atoms with Crippen molar-refractivity contribution >= 4 is 41.6 Å². The zero-order valence-electron chi connectivity index (χ0n) is 12.8. The molecule has 2 aromatic rings. The average molecular weight is 349 g/mol. The maximum Gasteiger partial charge on any atom is 0.492 e. The summed E-state index contributed by atoms with van der Waals surface area (Å²) in [4.78, 5) is 12.4. The van der Waals surface area contributed by atoms with Crippen molar-refractivity contribution in [1.29, 1.82) is 0 Å². The van der Waals surface area contributed by atoms with Gasteiger partial charge < -0.3 is 9.68 Å². The van der Waals surface area contributed by atoms with Gasteiger partial charge in [-0.15, -0.1) is 0 Å². The van der Waals surface area contributed by atoms with Gasteiger partial charge in [-0.1, -0.05) is 41.4 Å². The van der Waals surface area contributed by atoms with Crippen LogP contribution in [0.1, 0.15) is 35.3 Å². The number of rotatable bonds is 3. The summed E-state index contributed by atoms with van der Waals surface area (Å²) in [5.74, 6) is -0.0979. The fraction of sp³-hybridized carbons (Fsp3) is 0.235. The Hall–Kier alpha value is -1.33. The van der Waals surface area contributed by atoms with Crippen LogP contribution in [-0.4, -0.2) is 17.9 Å². The van der Waals surface area contributed by atoms with Gasteiger partial charge in [-0.05, 0) is 48.6 Å². The van der Waals surface area contributed by atoms with Gasteiger partial charge in [-0.3, -0.25) is 4.79 Å². The molecule has 0 radical (unpaired) electrons. The highest BCUT2D eigenvalue weighted by molar-refractivity contribution is 6.62. The Morgan fingerprint density at radius 2 is 1.96 bits per heavy atom. The Kier molecular flexibility index (Phi) is 4.28. The smallest absolute Gasteiger partial charge is 0.423 e. The Labute approximate surface area is 145 Å². The van der Waals surface area contributed by atoms with Crippen molar-refractivity contribution in [2.24, 2.45) is 0 Å². The molecule has 23 heavy (non-hydrogen) atoms. The van der Waals surface area contributed by atoms with Crippen molar-refractivity contribution in [3.63, 3.8) is 0 Å². The van der Waals surface area contributed by atoms with Crippen molar-refractivity contribution in [2.45, 2.75) is 25.9 Å². The molecule has 3 nitrogen and oxygen atoms in total. The third-order valence-electron chi connectivity index (χ3n) is 4.03. The molecule has 1 N–H and O–H groups in total. The highest BCUT2D eigenvalue weighted by Gasteiger charge is 2.40. The topological polar surface area (TPSA) is 46.5 Å². The van der Waals surface area contributed by atoms with E-state index in [1.165, 1.54) is 0 Å². The summed E-state index contributed by atoms with van der Waals surface area (Å²) in [6, 6.07) is 10.4. The molecule has 0 aliphatic carbocycles. The van der Waals surface area contributed by atoms with Crippen LogP contribution in [-0.2, 0) is 16.7 Å². The molecule has 1 aliphatic rings. The summed E-state index contributed by atoms with van der Waals surface area (Å²) in [6.07, 6.45) is 0.196. The molecule has 6 heteroatoms. The maximum absolute atomic E-state index is 12.4. The second-order valence-electron chi connectivity index (χ2n) is 6.13. The number of hydrogen-bond donors (Lipinski definition) is 1. The van der Waals surface area contributed by atoms with Gasteiger partial charge in [0, 0.05) is 17.0 Å². The molecule has 1 heterocycles. The summed E-state index contributed by atoms with van der Waals surface area (Å²) in [7, 11) is -0.964. The van der Waals surface area contributed by atoms with Gasteiger partial charge in [0.1, 0.15) is 0 Å². The highest BCUT2D eigenvalue weighted by atomic mass is 35.5. The molecule has 118 valence electrons. The fourth-order valence-electron chi connectivity index (χ4n) is 2.88. The second kappa shape index (κ2) is 5.95. The normalized spacial score (nSPS) is 15.6. The molecule has 1 aliphatic heterocycles. The van der Waals surface area contributed by atoms with E-state index in [1.807, 2.05) is 32.0 Å². The maximum atomic E-state index is 12.4. The molecule has 0 saturated carbocycles. The fourth-order valence-corrected chi connectivity index (χ4v) is 3.39. The number of hydrogen-bond acceptors (Lipinski definition) is 3. The minimum atomic E-state index is -0.964. The summed E-state index contributed by atoms with van der Waals surface area (Å²) in [5, 5.41) is 10.9. The monoisotopic (exact) mass is 348 g/mol. The van der Waals surface area contributed by atoms with Gasteiger partial charge in [0.2, 0.25) is 0 Å². The van der Waals surface area contributed by atoms with E-state index < -0.39 is 12.7 Å². The molecule has 3 rings (SSSR count). The number of halogens is 2. The minimum absolute atomic E-state index is 0.0979. The minimum Gasteiger partial charge on any atom is -0.423 e. The van der Waals surface area contributed by atoms with Crippen molar-refractivity contribution in [2.75, 3.05) is 0 Å². The van der Waals surface area contributed by atoms with E-state index in [9.17, 15) is 9.82 Å². The number of carbonyl (C=O) groups is 1. The van der Waals surface area contributed by atoms with Gasteiger partial charge in [0.05, 0.1) is 10.6 Å². The van der Waals surface area contributed by atoms with Crippen molar-refractivity contribution < 1.29 is 14.5 Å². The molecule has 0 saturated heterocycles. The quantitative estimate of drug-likeness (QED) is 0.683. The zero-order chi connectivity index (χ0) is 16.8. The lowest BCUT2D eigenvalue weighted by Gasteiger charge is -2.19. The van der Waals surface area contributed by atoms with Gasteiger partial charge in [0.25, 0.3) is 0 Å². The molecule has 2 aromatic carbocycles. The molecular formula is C17H15BCl2O3. The van der Waals surface area contributed by atoms with Crippen molar-refractivity contribution in [3.05, 3.63) is 63.1 Å². The average Bonchev–Trinajstić information content (AvgIpc) is 2.68. The number of fused-ring (bicyclic) bond motifs is 1. The Morgan fingerprint density at radius 1 is 1.22 bits per heavy atom. The first-order valence-electron chi connectivity index (χ1n) is 7.25. The molecule has 0 bridgehead atoms. The number of ketones is 1. The van der Waals surface area contributed by atoms with Gasteiger partial charge in [0.15, 0.2) is 5.78 Å². The molecular weight excluding hydrogens is 334 g/mol. The summed E-state index contributed by atoms with van der Waals surface area (Å²) in [5.41, 5.74) is 2.36. The van der Waals surface area contributed by atoms with Crippen LogP contribution in [0.2, 0.25) is 10.0 Å². The van der Waals surface area contributed by atoms with Crippen LogP contribution in [0, 0.1) is 0 Å². The number of benzene rings is 2. The van der Waals surface area contributed by atoms with E-state index in [0.717, 1.165) is 11.1 Å². The molecule has 0 amide bonds. The second-order valence-corrected chi connectivity index (χ2v) is 6.97. The van der Waals surface area contributed by atoms with E-state index in [1.54, 1.807) is 18.2 Å². The van der Waals surface area contributed by atoms with Crippen molar-refractivity contribution in [3.8, 4) is 0 Å².